The highest BCUT2D eigenvalue weighted by Gasteiger charge is 2.34. The third kappa shape index (κ3) is 4.11. The molecule has 2 aliphatic rings. The van der Waals surface area contributed by atoms with Crippen LogP contribution in [0.15, 0.2) is 42.5 Å². The molecule has 7 nitrogen and oxygen atoms in total. The lowest BCUT2D eigenvalue weighted by Gasteiger charge is -2.34. The average Bonchev–Trinajstić information content (AvgIpc) is 3.38. The number of aryl methyl sites for hydroxylation is 1. The van der Waals surface area contributed by atoms with E-state index in [0.29, 0.717) is 37.1 Å². The lowest BCUT2D eigenvalue weighted by atomic mass is 10.1. The molecule has 3 aromatic rings. The number of thiazole rings is 1. The van der Waals surface area contributed by atoms with Gasteiger partial charge in [0, 0.05) is 39.1 Å². The summed E-state index contributed by atoms with van der Waals surface area (Å²) in [5.41, 5.74) is 3.24. The van der Waals surface area contributed by atoms with Crippen LogP contribution in [0.2, 0.25) is 0 Å². The van der Waals surface area contributed by atoms with Gasteiger partial charge in [0.25, 0.3) is 11.8 Å². The van der Waals surface area contributed by atoms with E-state index >= 15 is 0 Å². The van der Waals surface area contributed by atoms with Gasteiger partial charge in [-0.25, -0.2) is 4.98 Å². The number of imide groups is 1. The van der Waals surface area contributed by atoms with Gasteiger partial charge < -0.3 is 9.80 Å². The van der Waals surface area contributed by atoms with Crippen LogP contribution in [-0.4, -0.2) is 65.2 Å². The van der Waals surface area contributed by atoms with E-state index in [1.807, 2.05) is 4.90 Å². The fourth-order valence-electron chi connectivity index (χ4n) is 4.45. The number of anilines is 1. The zero-order valence-corrected chi connectivity index (χ0v) is 19.4. The zero-order chi connectivity index (χ0) is 22.9. The van der Waals surface area contributed by atoms with Gasteiger partial charge in [-0.1, -0.05) is 36.5 Å². The van der Waals surface area contributed by atoms with Gasteiger partial charge in [-0.05, 0) is 42.7 Å². The third-order valence-corrected chi connectivity index (χ3v) is 7.48. The van der Waals surface area contributed by atoms with E-state index in [4.69, 9.17) is 4.98 Å². The molecule has 1 fully saturated rings. The van der Waals surface area contributed by atoms with Crippen LogP contribution < -0.4 is 4.90 Å². The van der Waals surface area contributed by atoms with E-state index in [2.05, 4.69) is 30.0 Å². The van der Waals surface area contributed by atoms with E-state index < -0.39 is 0 Å². The Morgan fingerprint density at radius 2 is 1.70 bits per heavy atom. The summed E-state index contributed by atoms with van der Waals surface area (Å²) in [6.07, 6.45) is 1.81. The zero-order valence-electron chi connectivity index (χ0n) is 18.6. The van der Waals surface area contributed by atoms with Crippen molar-refractivity contribution in [1.82, 2.24) is 14.8 Å². The first kappa shape index (κ1) is 21.6. The van der Waals surface area contributed by atoms with Crippen molar-refractivity contribution in [3.05, 3.63) is 59.2 Å². The number of benzene rings is 2. The van der Waals surface area contributed by atoms with E-state index in [1.165, 1.54) is 15.2 Å². The molecule has 2 aromatic carbocycles. The number of rotatable bonds is 6. The number of aromatic nitrogens is 1. The molecule has 0 radical (unpaired) electrons. The molecule has 33 heavy (non-hydrogen) atoms. The van der Waals surface area contributed by atoms with Crippen LogP contribution in [0, 0.1) is 0 Å². The maximum atomic E-state index is 12.7. The molecule has 3 amide bonds. The molecule has 3 heterocycles. The molecule has 0 spiro atoms. The molecule has 0 N–H and O–H groups in total. The lowest BCUT2D eigenvalue weighted by Crippen LogP contribution is -2.48. The summed E-state index contributed by atoms with van der Waals surface area (Å²) >= 11 is 1.71. The monoisotopic (exact) mass is 462 g/mol. The van der Waals surface area contributed by atoms with Crippen molar-refractivity contribution in [3.63, 3.8) is 0 Å². The number of hydrogen-bond donors (Lipinski definition) is 0. The second kappa shape index (κ2) is 8.94. The summed E-state index contributed by atoms with van der Waals surface area (Å²) in [6, 6.07) is 13.3. The molecule has 1 aromatic heterocycles. The van der Waals surface area contributed by atoms with Crippen molar-refractivity contribution in [2.75, 3.05) is 37.6 Å². The molecule has 8 heteroatoms. The largest absolute Gasteiger partial charge is 0.345 e. The van der Waals surface area contributed by atoms with Crippen molar-refractivity contribution in [1.29, 1.82) is 0 Å². The van der Waals surface area contributed by atoms with E-state index in [-0.39, 0.29) is 24.3 Å². The van der Waals surface area contributed by atoms with Gasteiger partial charge in [0.1, 0.15) is 0 Å². The molecule has 0 saturated carbocycles. The van der Waals surface area contributed by atoms with Gasteiger partial charge in [-0.2, -0.15) is 0 Å². The van der Waals surface area contributed by atoms with Crippen molar-refractivity contribution in [3.8, 4) is 0 Å². The maximum absolute atomic E-state index is 12.7. The fraction of sp³-hybridized carbons (Fsp3) is 0.360. The Balaban J connectivity index is 1.12. The van der Waals surface area contributed by atoms with Crippen LogP contribution in [0.1, 0.15) is 46.0 Å². The van der Waals surface area contributed by atoms with Gasteiger partial charge in [0.2, 0.25) is 5.91 Å². The molecule has 2 aliphatic heterocycles. The Labute approximate surface area is 196 Å². The van der Waals surface area contributed by atoms with Gasteiger partial charge in [0.15, 0.2) is 5.13 Å². The minimum atomic E-state index is -0.265. The number of hydrogen-bond acceptors (Lipinski definition) is 6. The van der Waals surface area contributed by atoms with Crippen LogP contribution >= 0.6 is 11.3 Å². The first-order valence-electron chi connectivity index (χ1n) is 11.4. The number of nitrogens with zero attached hydrogens (tertiary/aromatic N) is 4. The van der Waals surface area contributed by atoms with Crippen LogP contribution in [0.5, 0.6) is 0 Å². The number of carbonyl (C=O) groups excluding carboxylic acids is 3. The van der Waals surface area contributed by atoms with Crippen molar-refractivity contribution < 1.29 is 14.4 Å². The van der Waals surface area contributed by atoms with E-state index in [1.54, 1.807) is 35.6 Å². The van der Waals surface area contributed by atoms with E-state index in [0.717, 1.165) is 30.2 Å². The first-order valence-corrected chi connectivity index (χ1v) is 12.2. The molecule has 1 saturated heterocycles. The molecule has 170 valence electrons. The Bertz CT molecular complexity index is 1190. The fourth-order valence-corrected chi connectivity index (χ4v) is 5.53. The standard InChI is InChI=1S/C25H26N4O3S/c1-2-17-9-10-20-21(16-17)33-25(26-20)28-14-12-27(13-15-28)22(30)8-5-11-29-23(31)18-6-3-4-7-19(18)24(29)32/h3-4,6-7,9-10,16H,2,5,8,11-15H2,1H3. The highest BCUT2D eigenvalue weighted by Crippen LogP contribution is 2.30. The van der Waals surface area contributed by atoms with Crippen LogP contribution in [0.25, 0.3) is 10.2 Å². The Morgan fingerprint density at radius 1 is 1.00 bits per heavy atom. The van der Waals surface area contributed by atoms with Crippen molar-refractivity contribution in [2.24, 2.45) is 0 Å². The van der Waals surface area contributed by atoms with Gasteiger partial charge in [-0.15, -0.1) is 0 Å². The minimum Gasteiger partial charge on any atom is -0.345 e. The van der Waals surface area contributed by atoms with Crippen molar-refractivity contribution >= 4 is 44.4 Å². The Morgan fingerprint density at radius 3 is 2.36 bits per heavy atom. The topological polar surface area (TPSA) is 73.8 Å². The molecule has 5 rings (SSSR count). The summed E-state index contributed by atoms with van der Waals surface area (Å²) in [5, 5.41) is 1.01. The Kier molecular flexibility index (Phi) is 5.85. The minimum absolute atomic E-state index is 0.0724. The maximum Gasteiger partial charge on any atom is 0.261 e. The molecule has 0 unspecified atom stereocenters. The van der Waals surface area contributed by atoms with Gasteiger partial charge >= 0.3 is 0 Å². The molecule has 0 bridgehead atoms. The van der Waals surface area contributed by atoms with Gasteiger partial charge in [-0.3, -0.25) is 19.3 Å². The predicted octanol–water partition coefficient (Wildman–Crippen LogP) is 3.58. The number of piperazine rings is 1. The second-order valence-electron chi connectivity index (χ2n) is 8.43. The summed E-state index contributed by atoms with van der Waals surface area (Å²) in [6.45, 7) is 5.24. The first-order chi connectivity index (χ1) is 16.0. The summed E-state index contributed by atoms with van der Waals surface area (Å²) in [4.78, 5) is 47.8. The Hall–Kier alpha value is -3.26. The summed E-state index contributed by atoms with van der Waals surface area (Å²) in [5.74, 6) is -0.458. The average molecular weight is 463 g/mol. The van der Waals surface area contributed by atoms with E-state index in [9.17, 15) is 14.4 Å². The molecule has 0 atom stereocenters. The van der Waals surface area contributed by atoms with Crippen LogP contribution in [-0.2, 0) is 11.2 Å². The molecular formula is C25H26N4O3S. The smallest absolute Gasteiger partial charge is 0.261 e. The van der Waals surface area contributed by atoms with Crippen LogP contribution in [0.3, 0.4) is 0 Å². The number of amides is 3. The highest BCUT2D eigenvalue weighted by atomic mass is 32.1. The lowest BCUT2D eigenvalue weighted by molar-refractivity contribution is -0.131. The second-order valence-corrected chi connectivity index (χ2v) is 9.44. The molecular weight excluding hydrogens is 436 g/mol. The highest BCUT2D eigenvalue weighted by molar-refractivity contribution is 7.22. The quantitative estimate of drug-likeness (QED) is 0.524. The van der Waals surface area contributed by atoms with Crippen LogP contribution in [0.4, 0.5) is 5.13 Å². The predicted molar refractivity (Wildman–Crippen MR) is 129 cm³/mol. The summed E-state index contributed by atoms with van der Waals surface area (Å²) < 4.78 is 1.20. The van der Waals surface area contributed by atoms with Gasteiger partial charge in [0.05, 0.1) is 21.3 Å². The number of fused-ring (bicyclic) bond motifs is 2. The molecule has 0 aliphatic carbocycles. The number of carbonyl (C=O) groups is 3. The summed E-state index contributed by atoms with van der Waals surface area (Å²) in [7, 11) is 0. The normalized spacial score (nSPS) is 16.1. The SMILES string of the molecule is CCc1ccc2nc(N3CCN(C(=O)CCCN4C(=O)c5ccccc5C4=O)CC3)sc2c1. The van der Waals surface area contributed by atoms with Crippen molar-refractivity contribution in [2.45, 2.75) is 26.2 Å². The third-order valence-electron chi connectivity index (χ3n) is 6.40.